The van der Waals surface area contributed by atoms with E-state index in [-0.39, 0.29) is 11.1 Å². The van der Waals surface area contributed by atoms with Crippen molar-refractivity contribution in [3.8, 4) is 0 Å². The minimum atomic E-state index is -0.547. The molecule has 0 spiro atoms. The highest BCUT2D eigenvalue weighted by molar-refractivity contribution is 6.31. The Morgan fingerprint density at radius 2 is 1.86 bits per heavy atom. The van der Waals surface area contributed by atoms with Gasteiger partial charge in [-0.2, -0.15) is 10.1 Å². The predicted octanol–water partition coefficient (Wildman–Crippen LogP) is 4.00. The van der Waals surface area contributed by atoms with Crippen molar-refractivity contribution in [3.05, 3.63) is 64.9 Å². The van der Waals surface area contributed by atoms with Gasteiger partial charge in [-0.1, -0.05) is 41.9 Å². The van der Waals surface area contributed by atoms with Gasteiger partial charge in [-0.05, 0) is 23.8 Å². The molecule has 0 atom stereocenters. The maximum Gasteiger partial charge on any atom is 0.344 e. The number of benzene rings is 2. The third-order valence-corrected chi connectivity index (χ3v) is 3.12. The molecule has 0 aliphatic heterocycles. The van der Waals surface area contributed by atoms with Crippen molar-refractivity contribution in [1.82, 2.24) is 4.90 Å². The standard InChI is InChI=1S/C16H15ClFN3O/c1-20(2)16(22)21(13-8-9-15(18)14(17)10-13)19-11-12-6-4-3-5-7-12/h3-11H,1-2H3. The summed E-state index contributed by atoms with van der Waals surface area (Å²) in [5, 5.41) is 5.29. The fourth-order valence-corrected chi connectivity index (χ4v) is 1.87. The molecule has 0 bridgehead atoms. The molecule has 0 fully saturated rings. The van der Waals surface area contributed by atoms with Crippen LogP contribution in [0.25, 0.3) is 0 Å². The molecule has 0 N–H and O–H groups in total. The molecule has 2 aromatic rings. The number of carbonyl (C=O) groups is 1. The van der Waals surface area contributed by atoms with Gasteiger partial charge in [0.1, 0.15) is 5.82 Å². The Bertz CT molecular complexity index is 689. The SMILES string of the molecule is CN(C)C(=O)N(N=Cc1ccccc1)c1ccc(F)c(Cl)c1. The molecule has 0 heterocycles. The van der Waals surface area contributed by atoms with Gasteiger partial charge in [-0.3, -0.25) is 0 Å². The molecule has 22 heavy (non-hydrogen) atoms. The van der Waals surface area contributed by atoms with Crippen LogP contribution in [0.3, 0.4) is 0 Å². The number of hydrogen-bond acceptors (Lipinski definition) is 2. The fraction of sp³-hybridized carbons (Fsp3) is 0.125. The van der Waals surface area contributed by atoms with Crippen molar-refractivity contribution in [3.63, 3.8) is 0 Å². The van der Waals surface area contributed by atoms with Crippen molar-refractivity contribution >= 4 is 29.5 Å². The lowest BCUT2D eigenvalue weighted by atomic mass is 10.2. The van der Waals surface area contributed by atoms with Crippen LogP contribution in [-0.4, -0.2) is 31.2 Å². The molecule has 0 radical (unpaired) electrons. The van der Waals surface area contributed by atoms with Crippen molar-refractivity contribution < 1.29 is 9.18 Å². The number of rotatable bonds is 3. The first-order valence-corrected chi connectivity index (χ1v) is 6.92. The third kappa shape index (κ3) is 3.83. The number of urea groups is 1. The molecule has 2 rings (SSSR count). The number of halogens is 2. The van der Waals surface area contributed by atoms with Crippen LogP contribution in [0.4, 0.5) is 14.9 Å². The van der Waals surface area contributed by atoms with Gasteiger partial charge in [-0.15, -0.1) is 0 Å². The quantitative estimate of drug-likeness (QED) is 0.622. The van der Waals surface area contributed by atoms with E-state index in [1.165, 1.54) is 28.1 Å². The Morgan fingerprint density at radius 3 is 2.45 bits per heavy atom. The Labute approximate surface area is 133 Å². The molecule has 0 aliphatic rings. The van der Waals surface area contributed by atoms with E-state index in [1.807, 2.05) is 30.3 Å². The molecule has 0 aliphatic carbocycles. The second-order valence-corrected chi connectivity index (χ2v) is 5.15. The average Bonchev–Trinajstić information content (AvgIpc) is 2.51. The number of nitrogens with zero attached hydrogens (tertiary/aromatic N) is 3. The summed E-state index contributed by atoms with van der Waals surface area (Å²) in [6.45, 7) is 0. The molecule has 0 aromatic heterocycles. The van der Waals surface area contributed by atoms with Crippen LogP contribution in [0.15, 0.2) is 53.6 Å². The number of anilines is 1. The first kappa shape index (κ1) is 16.0. The smallest absolute Gasteiger partial charge is 0.329 e. The second-order valence-electron chi connectivity index (χ2n) is 4.74. The highest BCUT2D eigenvalue weighted by atomic mass is 35.5. The summed E-state index contributed by atoms with van der Waals surface area (Å²) in [7, 11) is 3.22. The molecule has 0 saturated carbocycles. The molecule has 2 aromatic carbocycles. The van der Waals surface area contributed by atoms with E-state index in [4.69, 9.17) is 11.6 Å². The van der Waals surface area contributed by atoms with Crippen LogP contribution >= 0.6 is 11.6 Å². The van der Waals surface area contributed by atoms with Crippen molar-refractivity contribution in [1.29, 1.82) is 0 Å². The fourth-order valence-electron chi connectivity index (χ4n) is 1.70. The lowest BCUT2D eigenvalue weighted by Crippen LogP contribution is -2.35. The van der Waals surface area contributed by atoms with E-state index in [9.17, 15) is 9.18 Å². The van der Waals surface area contributed by atoms with E-state index in [2.05, 4.69) is 5.10 Å². The van der Waals surface area contributed by atoms with Gasteiger partial charge < -0.3 is 4.90 Å². The minimum Gasteiger partial charge on any atom is -0.329 e. The first-order valence-electron chi connectivity index (χ1n) is 6.54. The van der Waals surface area contributed by atoms with Crippen LogP contribution in [0, 0.1) is 5.82 Å². The normalized spacial score (nSPS) is 10.7. The van der Waals surface area contributed by atoms with Crippen LogP contribution in [-0.2, 0) is 0 Å². The summed E-state index contributed by atoms with van der Waals surface area (Å²) in [5.74, 6) is -0.547. The molecule has 2 amide bonds. The molecular formula is C16H15ClFN3O. The predicted molar refractivity (Wildman–Crippen MR) is 87.0 cm³/mol. The van der Waals surface area contributed by atoms with E-state index in [0.717, 1.165) is 5.56 Å². The topological polar surface area (TPSA) is 35.9 Å². The van der Waals surface area contributed by atoms with Gasteiger partial charge in [0.2, 0.25) is 0 Å². The van der Waals surface area contributed by atoms with Crippen LogP contribution < -0.4 is 5.01 Å². The van der Waals surface area contributed by atoms with Gasteiger partial charge >= 0.3 is 6.03 Å². The monoisotopic (exact) mass is 319 g/mol. The maximum atomic E-state index is 13.3. The van der Waals surface area contributed by atoms with Crippen molar-refractivity contribution in [2.45, 2.75) is 0 Å². The van der Waals surface area contributed by atoms with E-state index < -0.39 is 5.82 Å². The lowest BCUT2D eigenvalue weighted by molar-refractivity contribution is 0.224. The van der Waals surface area contributed by atoms with Gasteiger partial charge in [0.25, 0.3) is 0 Å². The minimum absolute atomic E-state index is 0.0658. The van der Waals surface area contributed by atoms with Crippen LogP contribution in [0.1, 0.15) is 5.56 Å². The van der Waals surface area contributed by atoms with Gasteiger partial charge in [-0.25, -0.2) is 9.18 Å². The Balaban J connectivity index is 2.36. The number of amides is 2. The lowest BCUT2D eigenvalue weighted by Gasteiger charge is -2.21. The highest BCUT2D eigenvalue weighted by Crippen LogP contribution is 2.23. The van der Waals surface area contributed by atoms with Gasteiger partial charge in [0.15, 0.2) is 0 Å². The van der Waals surface area contributed by atoms with Gasteiger partial charge in [0.05, 0.1) is 16.9 Å². The zero-order valence-corrected chi connectivity index (χ0v) is 13.0. The van der Waals surface area contributed by atoms with E-state index in [1.54, 1.807) is 20.3 Å². The molecule has 0 saturated heterocycles. The highest BCUT2D eigenvalue weighted by Gasteiger charge is 2.17. The molecule has 0 unspecified atom stereocenters. The first-order chi connectivity index (χ1) is 10.5. The summed E-state index contributed by atoms with van der Waals surface area (Å²) >= 11 is 5.78. The van der Waals surface area contributed by atoms with E-state index >= 15 is 0 Å². The van der Waals surface area contributed by atoms with E-state index in [0.29, 0.717) is 5.69 Å². The summed E-state index contributed by atoms with van der Waals surface area (Å²) in [4.78, 5) is 13.6. The van der Waals surface area contributed by atoms with Crippen molar-refractivity contribution in [2.75, 3.05) is 19.1 Å². The molecule has 4 nitrogen and oxygen atoms in total. The second kappa shape index (κ2) is 7.04. The summed E-state index contributed by atoms with van der Waals surface area (Å²) in [5.41, 5.74) is 1.23. The summed E-state index contributed by atoms with van der Waals surface area (Å²) in [6.07, 6.45) is 1.55. The number of hydrazone groups is 1. The van der Waals surface area contributed by atoms with Crippen molar-refractivity contribution in [2.24, 2.45) is 5.10 Å². The number of hydrogen-bond donors (Lipinski definition) is 0. The van der Waals surface area contributed by atoms with Crippen LogP contribution in [0.5, 0.6) is 0 Å². The Morgan fingerprint density at radius 1 is 1.18 bits per heavy atom. The molecule has 114 valence electrons. The summed E-state index contributed by atoms with van der Waals surface area (Å²) < 4.78 is 13.3. The average molecular weight is 320 g/mol. The maximum absolute atomic E-state index is 13.3. The Kier molecular flexibility index (Phi) is 5.12. The van der Waals surface area contributed by atoms with Gasteiger partial charge in [0, 0.05) is 14.1 Å². The zero-order valence-electron chi connectivity index (χ0n) is 12.2. The molecular weight excluding hydrogens is 305 g/mol. The van der Waals surface area contributed by atoms with Crippen LogP contribution in [0.2, 0.25) is 5.02 Å². The summed E-state index contributed by atoms with van der Waals surface area (Å²) in [6, 6.07) is 13.0. The molecule has 6 heteroatoms. The largest absolute Gasteiger partial charge is 0.344 e. The third-order valence-electron chi connectivity index (χ3n) is 2.83. The number of carbonyl (C=O) groups excluding carboxylic acids is 1. The zero-order chi connectivity index (χ0) is 16.1. The Hall–Kier alpha value is -2.40.